The highest BCUT2D eigenvalue weighted by atomic mass is 19.4. The minimum absolute atomic E-state index is 0.104. The fourth-order valence-corrected chi connectivity index (χ4v) is 6.12. The van der Waals surface area contributed by atoms with Crippen LogP contribution in [0.5, 0.6) is 0 Å². The summed E-state index contributed by atoms with van der Waals surface area (Å²) in [6.07, 6.45) is 0.718. The first-order valence-corrected chi connectivity index (χ1v) is 13.7. The van der Waals surface area contributed by atoms with Gasteiger partial charge in [-0.3, -0.25) is 18.8 Å². The van der Waals surface area contributed by atoms with Gasteiger partial charge in [0.15, 0.2) is 0 Å². The molecule has 9 nitrogen and oxygen atoms in total. The third-order valence-electron chi connectivity index (χ3n) is 8.53. The van der Waals surface area contributed by atoms with Crippen LogP contribution >= 0.6 is 0 Å². The van der Waals surface area contributed by atoms with Crippen molar-refractivity contribution in [3.63, 3.8) is 0 Å². The van der Waals surface area contributed by atoms with Crippen LogP contribution in [0.25, 0.3) is 11.2 Å². The van der Waals surface area contributed by atoms with Crippen molar-refractivity contribution in [3.05, 3.63) is 69.9 Å². The fraction of sp³-hybridized carbons (Fsp3) is 0.536. The molecule has 0 amide bonds. The Kier molecular flexibility index (Phi) is 7.26. The van der Waals surface area contributed by atoms with Crippen LogP contribution in [-0.4, -0.2) is 76.2 Å². The molecule has 0 saturated carbocycles. The average molecular weight is 561 g/mol. The average Bonchev–Trinajstić information content (AvgIpc) is 3.38. The zero-order chi connectivity index (χ0) is 28.1. The Morgan fingerprint density at radius 3 is 2.67 bits per heavy atom. The summed E-state index contributed by atoms with van der Waals surface area (Å²) in [4.78, 5) is 17.8. The molecular weight excluding hydrogens is 525 g/mol. The van der Waals surface area contributed by atoms with Crippen molar-refractivity contribution < 1.29 is 23.0 Å². The molecule has 2 aromatic heterocycles. The van der Waals surface area contributed by atoms with Gasteiger partial charge in [0.05, 0.1) is 48.9 Å². The van der Waals surface area contributed by atoms with Gasteiger partial charge < -0.3 is 9.84 Å². The number of fused-ring (bicyclic) bond motifs is 1. The lowest BCUT2D eigenvalue weighted by Crippen LogP contribution is -2.52. The number of hydrogen-bond acceptors (Lipinski definition) is 7. The first kappa shape index (κ1) is 27.4. The number of nitrogens with zero attached hydrogens (tertiary/aromatic N) is 4. The Labute approximate surface area is 230 Å². The SMILES string of the molecule is CN1CNNC1CC1(c2cccc(-n3cc4c(C(F)(F)F)cc(CN5CCCC(O)CC5)cn4c3=O)c2)COC1. The van der Waals surface area contributed by atoms with Crippen LogP contribution in [0, 0.1) is 0 Å². The molecule has 3 aliphatic rings. The summed E-state index contributed by atoms with van der Waals surface area (Å²) < 4.78 is 50.7. The summed E-state index contributed by atoms with van der Waals surface area (Å²) in [6.45, 7) is 3.34. The quantitative estimate of drug-likeness (QED) is 0.427. The van der Waals surface area contributed by atoms with Crippen molar-refractivity contribution in [1.29, 1.82) is 0 Å². The third kappa shape index (κ3) is 5.19. The van der Waals surface area contributed by atoms with E-state index in [9.17, 15) is 23.1 Å². The van der Waals surface area contributed by atoms with E-state index in [2.05, 4.69) is 15.8 Å². The maximum absolute atomic E-state index is 14.2. The van der Waals surface area contributed by atoms with Crippen molar-refractivity contribution in [2.75, 3.05) is 40.0 Å². The minimum Gasteiger partial charge on any atom is -0.393 e. The molecule has 3 fully saturated rings. The number of likely N-dealkylation sites (tertiary alicyclic amines) is 1. The predicted molar refractivity (Wildman–Crippen MR) is 143 cm³/mol. The van der Waals surface area contributed by atoms with Crippen molar-refractivity contribution in [2.24, 2.45) is 0 Å². The molecule has 5 heterocycles. The van der Waals surface area contributed by atoms with E-state index < -0.39 is 17.4 Å². The maximum Gasteiger partial charge on any atom is 0.418 e. The molecule has 2 unspecified atom stereocenters. The lowest BCUT2D eigenvalue weighted by atomic mass is 9.74. The number of benzene rings is 1. The van der Waals surface area contributed by atoms with Crippen LogP contribution < -0.4 is 16.5 Å². The molecule has 216 valence electrons. The smallest absolute Gasteiger partial charge is 0.393 e. The molecule has 0 radical (unpaired) electrons. The molecule has 6 rings (SSSR count). The van der Waals surface area contributed by atoms with Gasteiger partial charge in [-0.15, -0.1) is 0 Å². The number of halogens is 3. The summed E-state index contributed by atoms with van der Waals surface area (Å²) in [5.41, 5.74) is 6.50. The molecule has 2 atom stereocenters. The summed E-state index contributed by atoms with van der Waals surface area (Å²) in [5.74, 6) is 0. The minimum atomic E-state index is -4.63. The second-order valence-electron chi connectivity index (χ2n) is 11.4. The topological polar surface area (TPSA) is 86.4 Å². The van der Waals surface area contributed by atoms with Gasteiger partial charge in [-0.2, -0.15) is 13.2 Å². The molecule has 0 aliphatic carbocycles. The number of aromatic nitrogens is 2. The molecule has 3 aromatic rings. The summed E-state index contributed by atoms with van der Waals surface area (Å²) in [5, 5.41) is 9.95. The molecular formula is C28H35F3N6O3. The van der Waals surface area contributed by atoms with Crippen LogP contribution in [0.15, 0.2) is 47.5 Å². The monoisotopic (exact) mass is 560 g/mol. The van der Waals surface area contributed by atoms with Crippen molar-refractivity contribution in [2.45, 2.75) is 56.1 Å². The molecule has 1 aromatic carbocycles. The van der Waals surface area contributed by atoms with Gasteiger partial charge in [-0.05, 0) is 68.6 Å². The van der Waals surface area contributed by atoms with Crippen LogP contribution in [0.2, 0.25) is 0 Å². The Morgan fingerprint density at radius 2 is 1.98 bits per heavy atom. The number of hydrazine groups is 1. The Morgan fingerprint density at radius 1 is 1.15 bits per heavy atom. The van der Waals surface area contributed by atoms with E-state index in [4.69, 9.17) is 4.74 Å². The normalized spacial score (nSPS) is 24.3. The lowest BCUT2D eigenvalue weighted by Gasteiger charge is -2.44. The van der Waals surface area contributed by atoms with E-state index in [1.807, 2.05) is 30.1 Å². The molecule has 40 heavy (non-hydrogen) atoms. The molecule has 3 saturated heterocycles. The zero-order valence-electron chi connectivity index (χ0n) is 22.5. The first-order valence-electron chi connectivity index (χ1n) is 13.7. The summed E-state index contributed by atoms with van der Waals surface area (Å²) in [6, 6.07) is 8.62. The molecule has 3 N–H and O–H groups in total. The number of ether oxygens (including phenoxy) is 1. The van der Waals surface area contributed by atoms with Gasteiger partial charge in [0.25, 0.3) is 0 Å². The van der Waals surface area contributed by atoms with E-state index in [-0.39, 0.29) is 29.7 Å². The number of imidazole rings is 1. The number of pyridine rings is 1. The highest BCUT2D eigenvalue weighted by Crippen LogP contribution is 2.39. The Balaban J connectivity index is 1.36. The Hall–Kier alpha value is -2.74. The molecule has 0 spiro atoms. The van der Waals surface area contributed by atoms with Crippen LogP contribution in [-0.2, 0) is 22.9 Å². The highest BCUT2D eigenvalue weighted by molar-refractivity contribution is 5.58. The second-order valence-corrected chi connectivity index (χ2v) is 11.4. The Bertz CT molecular complexity index is 1430. The summed E-state index contributed by atoms with van der Waals surface area (Å²) >= 11 is 0. The summed E-state index contributed by atoms with van der Waals surface area (Å²) in [7, 11) is 2.02. The van der Waals surface area contributed by atoms with Crippen LogP contribution in [0.4, 0.5) is 13.2 Å². The van der Waals surface area contributed by atoms with E-state index in [0.29, 0.717) is 50.4 Å². The predicted octanol–water partition coefficient (Wildman–Crippen LogP) is 2.44. The van der Waals surface area contributed by atoms with E-state index >= 15 is 0 Å². The van der Waals surface area contributed by atoms with E-state index in [1.165, 1.54) is 17.0 Å². The maximum atomic E-state index is 14.2. The molecule has 3 aliphatic heterocycles. The second kappa shape index (κ2) is 10.6. The van der Waals surface area contributed by atoms with Crippen molar-refractivity contribution in [3.8, 4) is 5.69 Å². The number of aliphatic hydroxyl groups is 1. The van der Waals surface area contributed by atoms with Crippen molar-refractivity contribution >= 4 is 5.52 Å². The first-order chi connectivity index (χ1) is 19.1. The van der Waals surface area contributed by atoms with Gasteiger partial charge in [0.2, 0.25) is 0 Å². The number of hydrogen-bond donors (Lipinski definition) is 3. The van der Waals surface area contributed by atoms with Gasteiger partial charge >= 0.3 is 11.9 Å². The lowest BCUT2D eigenvalue weighted by molar-refractivity contribution is -0.136. The van der Waals surface area contributed by atoms with Crippen LogP contribution in [0.3, 0.4) is 0 Å². The number of aliphatic hydroxyl groups excluding tert-OH is 1. The number of rotatable bonds is 6. The number of alkyl halides is 3. The molecule has 12 heteroatoms. The standard InChI is InChI=1S/C28H35F3N6O3/c1-34-18-32-33-25(34)12-27(16-40-17-27)20-4-2-5-21(11-20)36-15-24-23(28(29,30)31)10-19(14-37(24)26(36)39)13-35-8-3-6-22(38)7-9-35/h2,4-5,10-11,14-15,22,25,32-33,38H,3,6-9,12-13,16-18H2,1H3. The highest BCUT2D eigenvalue weighted by Gasteiger charge is 2.44. The zero-order valence-corrected chi connectivity index (χ0v) is 22.5. The van der Waals surface area contributed by atoms with Gasteiger partial charge in [0, 0.05) is 30.9 Å². The fourth-order valence-electron chi connectivity index (χ4n) is 6.12. The van der Waals surface area contributed by atoms with Gasteiger partial charge in [-0.25, -0.2) is 15.6 Å². The van der Waals surface area contributed by atoms with E-state index in [1.54, 1.807) is 6.07 Å². The van der Waals surface area contributed by atoms with Gasteiger partial charge in [-0.1, -0.05) is 12.1 Å². The number of nitrogens with one attached hydrogen (secondary N) is 2. The largest absolute Gasteiger partial charge is 0.418 e. The van der Waals surface area contributed by atoms with Crippen LogP contribution in [0.1, 0.15) is 42.4 Å². The van der Waals surface area contributed by atoms with E-state index in [0.717, 1.165) is 35.5 Å². The van der Waals surface area contributed by atoms with Crippen molar-refractivity contribution in [1.82, 2.24) is 29.6 Å². The molecule has 0 bridgehead atoms. The van der Waals surface area contributed by atoms with Gasteiger partial charge in [0.1, 0.15) is 0 Å². The third-order valence-corrected chi connectivity index (χ3v) is 8.53.